The maximum absolute atomic E-state index is 5.80. The van der Waals surface area contributed by atoms with Crippen LogP contribution in [0.25, 0.3) is 0 Å². The largest absolute Gasteiger partial charge is 0.322 e. The average Bonchev–Trinajstić information content (AvgIpc) is 1.65. The minimum absolute atomic E-state index is 0.0330. The summed E-state index contributed by atoms with van der Waals surface area (Å²) in [6, 6.07) is 0. The molecule has 0 aromatic rings. The molecule has 3 heteroatoms. The lowest BCUT2D eigenvalue weighted by Crippen LogP contribution is -2.43. The van der Waals surface area contributed by atoms with E-state index in [1.165, 1.54) is 0 Å². The van der Waals surface area contributed by atoms with E-state index in [4.69, 9.17) is 5.73 Å². The molecule has 0 amide bonds. The van der Waals surface area contributed by atoms with Crippen molar-refractivity contribution in [2.24, 2.45) is 5.73 Å². The van der Waals surface area contributed by atoms with Gasteiger partial charge in [0, 0.05) is 5.28 Å². The quantitative estimate of drug-likeness (QED) is 0.452. The maximum atomic E-state index is 5.80. The predicted octanol–water partition coefficient (Wildman–Crippen LogP) is -0.100. The molecule has 1 heterocycles. The van der Waals surface area contributed by atoms with Crippen molar-refractivity contribution in [3.05, 3.63) is 0 Å². The summed E-state index contributed by atoms with van der Waals surface area (Å²) in [6.07, 6.45) is 2.16. The number of hydrogen-bond acceptors (Lipinski definition) is 2. The van der Waals surface area contributed by atoms with Crippen molar-refractivity contribution in [1.82, 2.24) is 5.32 Å². The van der Waals surface area contributed by atoms with E-state index in [0.717, 1.165) is 25.9 Å². The third-order valence-electron chi connectivity index (χ3n) is 1.53. The van der Waals surface area contributed by atoms with Crippen molar-refractivity contribution in [3.8, 4) is 0 Å². The topological polar surface area (TPSA) is 38.0 Å². The molecule has 1 saturated heterocycles. The van der Waals surface area contributed by atoms with E-state index in [9.17, 15) is 0 Å². The minimum Gasteiger partial charge on any atom is -0.322 e. The Hall–Kier alpha value is 0.350. The average molecular weight is 132 g/mol. The second kappa shape index (κ2) is 2.30. The first-order chi connectivity index (χ1) is 3.71. The Morgan fingerprint density at radius 3 is 2.12 bits per heavy atom. The monoisotopic (exact) mass is 132 g/mol. The Morgan fingerprint density at radius 2 is 1.88 bits per heavy atom. The molecule has 0 spiro atoms. The minimum atomic E-state index is 0.0330. The number of nitrogens with two attached hydrogens (primary N) is 1. The molecule has 48 valence electrons. The third-order valence-corrected chi connectivity index (χ3v) is 2.11. The van der Waals surface area contributed by atoms with Gasteiger partial charge in [-0.05, 0) is 25.9 Å². The van der Waals surface area contributed by atoms with Crippen LogP contribution in [0.4, 0.5) is 0 Å². The third kappa shape index (κ3) is 1.70. The molecule has 0 aromatic carbocycles. The first-order valence-corrected chi connectivity index (χ1v) is 3.57. The molecule has 0 radical (unpaired) electrons. The lowest BCUT2D eigenvalue weighted by Gasteiger charge is -2.29. The summed E-state index contributed by atoms with van der Waals surface area (Å²) in [5.41, 5.74) is 5.80. The number of nitrogens with one attached hydrogen (secondary N) is 1. The molecular weight excluding hydrogens is 119 g/mol. The van der Waals surface area contributed by atoms with Crippen LogP contribution in [0.2, 0.25) is 0 Å². The molecule has 0 saturated carbocycles. The van der Waals surface area contributed by atoms with Gasteiger partial charge in [0.25, 0.3) is 0 Å². The molecule has 1 atom stereocenters. The van der Waals surface area contributed by atoms with Crippen molar-refractivity contribution in [2.45, 2.75) is 18.1 Å². The van der Waals surface area contributed by atoms with E-state index in [-0.39, 0.29) is 5.28 Å². The van der Waals surface area contributed by atoms with Crippen molar-refractivity contribution in [2.75, 3.05) is 13.1 Å². The number of rotatable bonds is 0. The molecule has 8 heavy (non-hydrogen) atoms. The first-order valence-electron chi connectivity index (χ1n) is 2.99. The molecule has 1 unspecified atom stereocenters. The highest BCUT2D eigenvalue weighted by Gasteiger charge is 2.20. The summed E-state index contributed by atoms with van der Waals surface area (Å²) in [5, 5.41) is 3.28. The molecule has 2 nitrogen and oxygen atoms in total. The number of hydrogen-bond donors (Lipinski definition) is 2. The fourth-order valence-electron chi connectivity index (χ4n) is 0.892. The lowest BCUT2D eigenvalue weighted by atomic mass is 10.1. The Kier molecular flexibility index (Phi) is 1.86. The van der Waals surface area contributed by atoms with Gasteiger partial charge in [-0.2, -0.15) is 0 Å². The Bertz CT molecular complexity index is 74.5. The van der Waals surface area contributed by atoms with Crippen molar-refractivity contribution < 1.29 is 0 Å². The highest BCUT2D eigenvalue weighted by Crippen LogP contribution is 2.21. The van der Waals surface area contributed by atoms with Gasteiger partial charge in [0.05, 0.1) is 0 Å². The van der Waals surface area contributed by atoms with E-state index in [2.05, 4.69) is 14.6 Å². The molecule has 1 aliphatic heterocycles. The van der Waals surface area contributed by atoms with Gasteiger partial charge < -0.3 is 11.1 Å². The van der Waals surface area contributed by atoms with Crippen LogP contribution in [0.15, 0.2) is 0 Å². The summed E-state index contributed by atoms with van der Waals surface area (Å²) < 4.78 is 0. The summed E-state index contributed by atoms with van der Waals surface area (Å²) in [4.78, 5) is 0. The van der Waals surface area contributed by atoms with E-state index in [0.29, 0.717) is 0 Å². The zero-order valence-electron chi connectivity index (χ0n) is 4.98. The van der Waals surface area contributed by atoms with Crippen LogP contribution in [-0.4, -0.2) is 18.4 Å². The first kappa shape index (κ1) is 6.47. The maximum Gasteiger partial charge on any atom is 0.0322 e. The predicted molar refractivity (Wildman–Crippen MR) is 38.7 cm³/mol. The van der Waals surface area contributed by atoms with E-state index in [1.807, 2.05) is 0 Å². The Balaban J connectivity index is 2.33. The Labute approximate surface area is 52.4 Å². The van der Waals surface area contributed by atoms with Gasteiger partial charge in [0.1, 0.15) is 0 Å². The number of piperidine rings is 1. The summed E-state index contributed by atoms with van der Waals surface area (Å²) in [5.74, 6) is 0. The van der Waals surface area contributed by atoms with Crippen LogP contribution >= 0.6 is 9.24 Å². The normalized spacial score (nSPS) is 27.8. The van der Waals surface area contributed by atoms with Gasteiger partial charge in [-0.15, -0.1) is 9.24 Å². The van der Waals surface area contributed by atoms with E-state index < -0.39 is 0 Å². The smallest absolute Gasteiger partial charge is 0.0322 e. The van der Waals surface area contributed by atoms with E-state index in [1.54, 1.807) is 0 Å². The summed E-state index contributed by atoms with van der Waals surface area (Å²) in [6.45, 7) is 2.14. The van der Waals surface area contributed by atoms with Crippen LogP contribution in [-0.2, 0) is 0 Å². The van der Waals surface area contributed by atoms with Gasteiger partial charge in [0.2, 0.25) is 0 Å². The van der Waals surface area contributed by atoms with Crippen LogP contribution in [0.5, 0.6) is 0 Å². The highest BCUT2D eigenvalue weighted by molar-refractivity contribution is 7.18. The van der Waals surface area contributed by atoms with Crippen molar-refractivity contribution in [3.63, 3.8) is 0 Å². The molecule has 1 aliphatic rings. The van der Waals surface area contributed by atoms with E-state index >= 15 is 0 Å². The van der Waals surface area contributed by atoms with Gasteiger partial charge in [-0.25, -0.2) is 0 Å². The molecule has 1 rings (SSSR count). The Morgan fingerprint density at radius 1 is 1.38 bits per heavy atom. The van der Waals surface area contributed by atoms with Crippen LogP contribution in [0.1, 0.15) is 12.8 Å². The molecule has 0 aliphatic carbocycles. The summed E-state index contributed by atoms with van der Waals surface area (Å²) >= 11 is 0. The lowest BCUT2D eigenvalue weighted by molar-refractivity contribution is 0.423. The fourth-order valence-corrected chi connectivity index (χ4v) is 1.18. The van der Waals surface area contributed by atoms with Gasteiger partial charge in [-0.3, -0.25) is 0 Å². The van der Waals surface area contributed by atoms with Crippen molar-refractivity contribution >= 4 is 9.24 Å². The zero-order chi connectivity index (χ0) is 6.04. The second-order valence-corrected chi connectivity index (χ2v) is 3.63. The summed E-state index contributed by atoms with van der Waals surface area (Å²) in [7, 11) is 2.70. The standard InChI is InChI=1S/C5H13N2P/c6-5(8)1-3-7-4-2-5/h7H,1-4,6,8H2. The second-order valence-electron chi connectivity index (χ2n) is 2.48. The van der Waals surface area contributed by atoms with Gasteiger partial charge in [-0.1, -0.05) is 0 Å². The molecule has 0 bridgehead atoms. The van der Waals surface area contributed by atoms with Crippen LogP contribution in [0.3, 0.4) is 0 Å². The zero-order valence-corrected chi connectivity index (χ0v) is 6.14. The van der Waals surface area contributed by atoms with Crippen LogP contribution in [0, 0.1) is 0 Å². The van der Waals surface area contributed by atoms with Crippen molar-refractivity contribution in [1.29, 1.82) is 0 Å². The van der Waals surface area contributed by atoms with Gasteiger partial charge in [0.15, 0.2) is 0 Å². The molecule has 0 aromatic heterocycles. The SMILES string of the molecule is NC1(P)CCNCC1. The molecule has 3 N–H and O–H groups in total. The van der Waals surface area contributed by atoms with Crippen LogP contribution < -0.4 is 11.1 Å². The molecular formula is C5H13N2P. The molecule has 1 fully saturated rings. The highest BCUT2D eigenvalue weighted by atomic mass is 31.0. The fraction of sp³-hybridized carbons (Fsp3) is 1.00. The van der Waals surface area contributed by atoms with Gasteiger partial charge >= 0.3 is 0 Å².